The lowest BCUT2D eigenvalue weighted by Crippen LogP contribution is -2.46. The summed E-state index contributed by atoms with van der Waals surface area (Å²) in [4.78, 5) is 11.2. The van der Waals surface area contributed by atoms with E-state index in [1.165, 1.54) is 16.4 Å². The molecule has 1 aliphatic rings. The van der Waals surface area contributed by atoms with Gasteiger partial charge in [0.05, 0.1) is 10.5 Å². The molecular weight excluding hydrogens is 348 g/mol. The Kier molecular flexibility index (Phi) is 4.48. The van der Waals surface area contributed by atoms with E-state index in [1.807, 2.05) is 0 Å². The lowest BCUT2D eigenvalue weighted by molar-refractivity contribution is 0.0695. The molecule has 8 heteroatoms. The van der Waals surface area contributed by atoms with Crippen LogP contribution in [0.2, 0.25) is 0 Å². The number of carboxylic acid groups (broad SMARTS) is 1. The van der Waals surface area contributed by atoms with Crippen molar-refractivity contribution >= 4 is 31.9 Å². The van der Waals surface area contributed by atoms with Crippen molar-refractivity contribution in [1.82, 2.24) is 9.62 Å². The SMILES string of the molecule is Cc1c(Br)cc(S(=O)(=O)N2CCNCC2)cc1C(=O)O. The predicted octanol–water partition coefficient (Wildman–Crippen LogP) is 1.05. The number of piperazine rings is 1. The van der Waals surface area contributed by atoms with Crippen LogP contribution >= 0.6 is 15.9 Å². The number of benzene rings is 1. The number of halogens is 1. The van der Waals surface area contributed by atoms with E-state index in [0.29, 0.717) is 36.2 Å². The van der Waals surface area contributed by atoms with Crippen LogP contribution in [0.1, 0.15) is 15.9 Å². The van der Waals surface area contributed by atoms with Gasteiger partial charge in [-0.3, -0.25) is 0 Å². The zero-order chi connectivity index (χ0) is 14.9. The molecule has 0 aromatic heterocycles. The van der Waals surface area contributed by atoms with Crippen molar-refractivity contribution in [2.45, 2.75) is 11.8 Å². The van der Waals surface area contributed by atoms with Crippen LogP contribution in [0.5, 0.6) is 0 Å². The van der Waals surface area contributed by atoms with Crippen LogP contribution in [-0.4, -0.2) is 50.0 Å². The van der Waals surface area contributed by atoms with Gasteiger partial charge in [0.1, 0.15) is 0 Å². The van der Waals surface area contributed by atoms with E-state index in [4.69, 9.17) is 5.11 Å². The first-order valence-corrected chi connectivity index (χ1v) is 8.31. The summed E-state index contributed by atoms with van der Waals surface area (Å²) in [6.45, 7) is 3.59. The lowest BCUT2D eigenvalue weighted by atomic mass is 10.1. The Hall–Kier alpha value is -0.960. The molecule has 6 nitrogen and oxygen atoms in total. The Labute approximate surface area is 126 Å². The number of hydrogen-bond acceptors (Lipinski definition) is 4. The number of nitrogens with one attached hydrogen (secondary N) is 1. The Balaban J connectivity index is 2.49. The van der Waals surface area contributed by atoms with Gasteiger partial charge in [-0.15, -0.1) is 0 Å². The average Bonchev–Trinajstić information content (AvgIpc) is 2.42. The Morgan fingerprint density at radius 1 is 1.35 bits per heavy atom. The van der Waals surface area contributed by atoms with E-state index >= 15 is 0 Å². The molecule has 0 saturated carbocycles. The van der Waals surface area contributed by atoms with Gasteiger partial charge in [0, 0.05) is 30.7 Å². The number of sulfonamides is 1. The Morgan fingerprint density at radius 3 is 2.50 bits per heavy atom. The monoisotopic (exact) mass is 362 g/mol. The first-order valence-electron chi connectivity index (χ1n) is 6.08. The van der Waals surface area contributed by atoms with Gasteiger partial charge >= 0.3 is 5.97 Å². The van der Waals surface area contributed by atoms with Crippen molar-refractivity contribution < 1.29 is 18.3 Å². The van der Waals surface area contributed by atoms with Crippen LogP contribution < -0.4 is 5.32 Å². The quantitative estimate of drug-likeness (QED) is 0.839. The fourth-order valence-corrected chi connectivity index (χ4v) is 4.17. The molecule has 20 heavy (non-hydrogen) atoms. The number of rotatable bonds is 3. The van der Waals surface area contributed by atoms with Crippen LogP contribution in [0.15, 0.2) is 21.5 Å². The second kappa shape index (κ2) is 5.80. The number of nitrogens with zero attached hydrogens (tertiary/aromatic N) is 1. The molecule has 0 aliphatic carbocycles. The lowest BCUT2D eigenvalue weighted by Gasteiger charge is -2.26. The number of hydrogen-bond donors (Lipinski definition) is 2. The average molecular weight is 363 g/mol. The van der Waals surface area contributed by atoms with E-state index in [2.05, 4.69) is 21.2 Å². The maximum Gasteiger partial charge on any atom is 0.336 e. The minimum absolute atomic E-state index is 0.00640. The van der Waals surface area contributed by atoms with Gasteiger partial charge in [0.25, 0.3) is 0 Å². The normalized spacial score (nSPS) is 17.1. The summed E-state index contributed by atoms with van der Waals surface area (Å²) in [7, 11) is -3.66. The molecule has 1 aliphatic heterocycles. The summed E-state index contributed by atoms with van der Waals surface area (Å²) in [5, 5.41) is 12.2. The van der Waals surface area contributed by atoms with Gasteiger partial charge < -0.3 is 10.4 Å². The third kappa shape index (κ3) is 2.88. The maximum absolute atomic E-state index is 12.5. The molecule has 0 unspecified atom stereocenters. The van der Waals surface area contributed by atoms with Crippen molar-refractivity contribution in [3.63, 3.8) is 0 Å². The van der Waals surface area contributed by atoms with Gasteiger partial charge in [-0.1, -0.05) is 15.9 Å². The highest BCUT2D eigenvalue weighted by atomic mass is 79.9. The Morgan fingerprint density at radius 2 is 1.95 bits per heavy atom. The predicted molar refractivity (Wildman–Crippen MR) is 77.5 cm³/mol. The smallest absolute Gasteiger partial charge is 0.336 e. The summed E-state index contributed by atoms with van der Waals surface area (Å²) < 4.78 is 26.9. The van der Waals surface area contributed by atoms with E-state index in [0.717, 1.165) is 0 Å². The second-order valence-electron chi connectivity index (χ2n) is 4.54. The van der Waals surface area contributed by atoms with Crippen molar-refractivity contribution in [3.8, 4) is 0 Å². The molecule has 0 radical (unpaired) electrons. The first-order chi connectivity index (χ1) is 9.34. The fourth-order valence-electron chi connectivity index (χ4n) is 2.06. The molecule has 0 atom stereocenters. The van der Waals surface area contributed by atoms with Crippen LogP contribution in [0.25, 0.3) is 0 Å². The molecule has 1 aromatic rings. The van der Waals surface area contributed by atoms with Crippen LogP contribution in [0.4, 0.5) is 0 Å². The highest BCUT2D eigenvalue weighted by molar-refractivity contribution is 9.10. The summed E-state index contributed by atoms with van der Waals surface area (Å²) in [5.74, 6) is -1.14. The summed E-state index contributed by atoms with van der Waals surface area (Å²) in [5.41, 5.74) is 0.504. The summed E-state index contributed by atoms with van der Waals surface area (Å²) >= 11 is 3.22. The zero-order valence-corrected chi connectivity index (χ0v) is 13.3. The molecule has 110 valence electrons. The molecule has 0 spiro atoms. The molecule has 1 heterocycles. The molecular formula is C12H15BrN2O4S. The number of aromatic carboxylic acids is 1. The minimum atomic E-state index is -3.66. The highest BCUT2D eigenvalue weighted by Crippen LogP contribution is 2.27. The molecule has 2 rings (SSSR count). The topological polar surface area (TPSA) is 86.7 Å². The third-order valence-electron chi connectivity index (χ3n) is 3.26. The van der Waals surface area contributed by atoms with Crippen molar-refractivity contribution in [2.24, 2.45) is 0 Å². The standard InChI is InChI=1S/C12H15BrN2O4S/c1-8-10(12(16)17)6-9(7-11(8)13)20(18,19)15-4-2-14-3-5-15/h6-7,14H,2-5H2,1H3,(H,16,17). The van der Waals surface area contributed by atoms with Crippen LogP contribution in [0.3, 0.4) is 0 Å². The number of carbonyl (C=O) groups is 1. The summed E-state index contributed by atoms with van der Waals surface area (Å²) in [6.07, 6.45) is 0. The first kappa shape index (κ1) is 15.4. The molecule has 1 fully saturated rings. The largest absolute Gasteiger partial charge is 0.478 e. The third-order valence-corrected chi connectivity index (χ3v) is 5.96. The second-order valence-corrected chi connectivity index (χ2v) is 7.33. The van der Waals surface area contributed by atoms with Crippen LogP contribution in [0, 0.1) is 6.92 Å². The fraction of sp³-hybridized carbons (Fsp3) is 0.417. The van der Waals surface area contributed by atoms with Gasteiger partial charge in [-0.2, -0.15) is 4.31 Å². The summed E-state index contributed by atoms with van der Waals surface area (Å²) in [6, 6.07) is 2.68. The van der Waals surface area contributed by atoms with E-state index in [9.17, 15) is 13.2 Å². The Bertz CT molecular complexity index is 639. The van der Waals surface area contributed by atoms with Crippen molar-refractivity contribution in [1.29, 1.82) is 0 Å². The molecule has 2 N–H and O–H groups in total. The van der Waals surface area contributed by atoms with Crippen molar-refractivity contribution in [3.05, 3.63) is 27.7 Å². The molecule has 0 bridgehead atoms. The zero-order valence-electron chi connectivity index (χ0n) is 10.9. The molecule has 1 aromatic carbocycles. The van der Waals surface area contributed by atoms with Gasteiger partial charge in [-0.25, -0.2) is 13.2 Å². The maximum atomic E-state index is 12.5. The van der Waals surface area contributed by atoms with E-state index < -0.39 is 16.0 Å². The minimum Gasteiger partial charge on any atom is -0.478 e. The number of carboxylic acids is 1. The van der Waals surface area contributed by atoms with Gasteiger partial charge in [0.15, 0.2) is 0 Å². The van der Waals surface area contributed by atoms with Crippen molar-refractivity contribution in [2.75, 3.05) is 26.2 Å². The van der Waals surface area contributed by atoms with Gasteiger partial charge in [0.2, 0.25) is 10.0 Å². The molecule has 0 amide bonds. The van der Waals surface area contributed by atoms with E-state index in [1.54, 1.807) is 6.92 Å². The highest BCUT2D eigenvalue weighted by Gasteiger charge is 2.27. The van der Waals surface area contributed by atoms with E-state index in [-0.39, 0.29) is 10.5 Å². The van der Waals surface area contributed by atoms with Gasteiger partial charge in [-0.05, 0) is 24.6 Å². The van der Waals surface area contributed by atoms with Crippen LogP contribution in [-0.2, 0) is 10.0 Å². The molecule has 1 saturated heterocycles.